The number of thioether (sulfide) groups is 1. The van der Waals surface area contributed by atoms with Crippen LogP contribution in [0.25, 0.3) is 11.6 Å². The van der Waals surface area contributed by atoms with Crippen LogP contribution in [0.3, 0.4) is 0 Å². The van der Waals surface area contributed by atoms with E-state index in [2.05, 4.69) is 10.2 Å². The summed E-state index contributed by atoms with van der Waals surface area (Å²) in [4.78, 5) is 26.5. The number of hydrogen-bond acceptors (Lipinski definition) is 6. The van der Waals surface area contributed by atoms with Crippen LogP contribution in [-0.2, 0) is 6.54 Å². The average Bonchev–Trinajstić information content (AvgIpc) is 3.49. The smallest absolute Gasteiger partial charge is 0.262 e. The van der Waals surface area contributed by atoms with Crippen LogP contribution in [0.15, 0.2) is 82.6 Å². The Kier molecular flexibility index (Phi) is 4.68. The molecule has 2 aromatic carbocycles. The molecule has 5 rings (SSSR count). The van der Waals surface area contributed by atoms with E-state index in [-0.39, 0.29) is 17.7 Å². The lowest BCUT2D eigenvalue weighted by Crippen LogP contribution is -2.29. The zero-order chi connectivity index (χ0) is 20.5. The highest BCUT2D eigenvalue weighted by Gasteiger charge is 2.35. The van der Waals surface area contributed by atoms with Gasteiger partial charge in [0.1, 0.15) is 0 Å². The van der Waals surface area contributed by atoms with Crippen molar-refractivity contribution in [3.63, 3.8) is 0 Å². The van der Waals surface area contributed by atoms with E-state index in [9.17, 15) is 9.59 Å². The van der Waals surface area contributed by atoms with Crippen molar-refractivity contribution in [1.29, 1.82) is 0 Å². The normalized spacial score (nSPS) is 13.1. The zero-order valence-corrected chi connectivity index (χ0v) is 16.6. The largest absolute Gasteiger partial charge is 0.461 e. The second-order valence-electron chi connectivity index (χ2n) is 6.71. The lowest BCUT2D eigenvalue weighted by Gasteiger charge is -2.14. The lowest BCUT2D eigenvalue weighted by molar-refractivity contribution is 0.0684. The number of carbonyl (C=O) groups is 2. The molecule has 0 aliphatic carbocycles. The van der Waals surface area contributed by atoms with E-state index in [0.717, 1.165) is 5.56 Å². The number of fused-ring (bicyclic) bond motifs is 1. The number of amides is 2. The molecule has 0 saturated heterocycles. The summed E-state index contributed by atoms with van der Waals surface area (Å²) in [5, 5.41) is 9.18. The van der Waals surface area contributed by atoms with E-state index >= 15 is 0 Å². The summed E-state index contributed by atoms with van der Waals surface area (Å²) in [6, 6.07) is 20.4. The molecule has 2 aromatic heterocycles. The third kappa shape index (κ3) is 3.21. The first-order chi connectivity index (χ1) is 14.7. The van der Waals surface area contributed by atoms with Gasteiger partial charge in [-0.15, -0.1) is 10.2 Å². The third-order valence-corrected chi connectivity index (χ3v) is 5.79. The number of rotatable bonds is 6. The molecule has 2 amide bonds. The second-order valence-corrected chi connectivity index (χ2v) is 7.62. The molecule has 3 heterocycles. The van der Waals surface area contributed by atoms with Gasteiger partial charge in [0.05, 0.1) is 29.8 Å². The predicted molar refractivity (Wildman–Crippen MR) is 111 cm³/mol. The topological polar surface area (TPSA) is 81.2 Å². The third-order valence-electron chi connectivity index (χ3n) is 4.84. The Bertz CT molecular complexity index is 1180. The van der Waals surface area contributed by atoms with Crippen molar-refractivity contribution in [2.75, 3.05) is 5.88 Å². The Morgan fingerprint density at radius 1 is 0.833 bits per heavy atom. The van der Waals surface area contributed by atoms with Crippen molar-refractivity contribution in [2.24, 2.45) is 0 Å². The summed E-state index contributed by atoms with van der Waals surface area (Å²) >= 11 is 1.29. The Balaban J connectivity index is 1.42. The molecule has 148 valence electrons. The minimum absolute atomic E-state index is 0.150. The molecule has 0 bridgehead atoms. The molecular formula is C22H16N4O3S. The number of benzene rings is 2. The molecule has 1 aliphatic heterocycles. The van der Waals surface area contributed by atoms with E-state index in [1.807, 2.05) is 41.0 Å². The van der Waals surface area contributed by atoms with Crippen molar-refractivity contribution in [2.45, 2.75) is 11.7 Å². The molecule has 0 atom stereocenters. The Morgan fingerprint density at radius 3 is 2.20 bits per heavy atom. The minimum atomic E-state index is -0.288. The van der Waals surface area contributed by atoms with Gasteiger partial charge in [-0.25, -0.2) is 0 Å². The highest BCUT2D eigenvalue weighted by Crippen LogP contribution is 2.29. The van der Waals surface area contributed by atoms with Crippen LogP contribution >= 0.6 is 11.8 Å². The maximum Gasteiger partial charge on any atom is 0.262 e. The van der Waals surface area contributed by atoms with Crippen LogP contribution in [0.1, 0.15) is 26.3 Å². The molecule has 0 radical (unpaired) electrons. The Hall–Kier alpha value is -3.65. The first-order valence-corrected chi connectivity index (χ1v) is 10.3. The van der Waals surface area contributed by atoms with E-state index in [0.29, 0.717) is 34.4 Å². The molecule has 7 nitrogen and oxygen atoms in total. The molecule has 30 heavy (non-hydrogen) atoms. The van der Waals surface area contributed by atoms with Crippen molar-refractivity contribution < 1.29 is 14.0 Å². The highest BCUT2D eigenvalue weighted by atomic mass is 32.2. The van der Waals surface area contributed by atoms with Gasteiger partial charge in [-0.05, 0) is 29.8 Å². The van der Waals surface area contributed by atoms with Gasteiger partial charge >= 0.3 is 0 Å². The van der Waals surface area contributed by atoms with Crippen molar-refractivity contribution in [1.82, 2.24) is 19.7 Å². The second kappa shape index (κ2) is 7.64. The van der Waals surface area contributed by atoms with Gasteiger partial charge < -0.3 is 4.42 Å². The maximum atomic E-state index is 12.6. The quantitative estimate of drug-likeness (QED) is 0.350. The van der Waals surface area contributed by atoms with Gasteiger partial charge in [0.25, 0.3) is 11.8 Å². The first kappa shape index (κ1) is 18.4. The fourth-order valence-electron chi connectivity index (χ4n) is 3.37. The van der Waals surface area contributed by atoms with Gasteiger partial charge in [-0.1, -0.05) is 54.2 Å². The Morgan fingerprint density at radius 2 is 1.53 bits per heavy atom. The zero-order valence-electron chi connectivity index (χ0n) is 15.8. The number of carbonyl (C=O) groups excluding carboxylic acids is 2. The average molecular weight is 416 g/mol. The number of furan rings is 1. The summed E-state index contributed by atoms with van der Waals surface area (Å²) in [5.74, 6) is 0.768. The summed E-state index contributed by atoms with van der Waals surface area (Å²) in [7, 11) is 0. The molecule has 0 spiro atoms. The summed E-state index contributed by atoms with van der Waals surface area (Å²) < 4.78 is 7.44. The van der Waals surface area contributed by atoms with Gasteiger partial charge in [-0.2, -0.15) is 0 Å². The van der Waals surface area contributed by atoms with Crippen molar-refractivity contribution >= 4 is 23.6 Å². The van der Waals surface area contributed by atoms with Crippen LogP contribution in [0.5, 0.6) is 0 Å². The fourth-order valence-corrected chi connectivity index (χ4v) is 4.26. The van der Waals surface area contributed by atoms with Gasteiger partial charge in [0, 0.05) is 0 Å². The van der Waals surface area contributed by atoms with Crippen LogP contribution in [0.2, 0.25) is 0 Å². The highest BCUT2D eigenvalue weighted by molar-refractivity contribution is 7.99. The monoisotopic (exact) mass is 416 g/mol. The first-order valence-electron chi connectivity index (χ1n) is 9.31. The van der Waals surface area contributed by atoms with Crippen LogP contribution in [0, 0.1) is 0 Å². The fraction of sp³-hybridized carbons (Fsp3) is 0.0909. The van der Waals surface area contributed by atoms with Crippen LogP contribution < -0.4 is 0 Å². The van der Waals surface area contributed by atoms with Crippen LogP contribution in [0.4, 0.5) is 0 Å². The number of nitrogens with zero attached hydrogens (tertiary/aromatic N) is 4. The molecule has 4 aromatic rings. The van der Waals surface area contributed by atoms with Crippen molar-refractivity contribution in [3.05, 3.63) is 89.7 Å². The van der Waals surface area contributed by atoms with Gasteiger partial charge in [0.15, 0.2) is 10.9 Å². The molecule has 0 saturated carbocycles. The number of imide groups is 1. The van der Waals surface area contributed by atoms with Gasteiger partial charge in [-0.3, -0.25) is 19.1 Å². The summed E-state index contributed by atoms with van der Waals surface area (Å²) in [5.41, 5.74) is 1.95. The van der Waals surface area contributed by atoms with Crippen LogP contribution in [-0.4, -0.2) is 37.4 Å². The van der Waals surface area contributed by atoms with E-state index < -0.39 is 0 Å². The molecule has 0 N–H and O–H groups in total. The molecule has 0 fully saturated rings. The molecule has 0 unspecified atom stereocenters. The SMILES string of the molecule is O=C1c2ccccc2C(=O)N1CSc1nnc(-c2ccco2)n1Cc1ccccc1. The maximum absolute atomic E-state index is 12.6. The minimum Gasteiger partial charge on any atom is -0.461 e. The summed E-state index contributed by atoms with van der Waals surface area (Å²) in [6.07, 6.45) is 1.59. The number of aromatic nitrogens is 3. The Labute approximate surface area is 176 Å². The lowest BCUT2D eigenvalue weighted by atomic mass is 10.1. The standard InChI is InChI=1S/C22H16N4O3S/c27-20-16-9-4-5-10-17(16)21(28)26(20)14-30-22-24-23-19(18-11-6-12-29-18)25(22)13-15-7-2-1-3-8-15/h1-12H,13-14H2. The van der Waals surface area contributed by atoms with E-state index in [1.54, 1.807) is 36.6 Å². The van der Waals surface area contributed by atoms with Crippen molar-refractivity contribution in [3.8, 4) is 11.6 Å². The molecule has 8 heteroatoms. The predicted octanol–water partition coefficient (Wildman–Crippen LogP) is 3.93. The van der Waals surface area contributed by atoms with E-state index in [4.69, 9.17) is 4.42 Å². The van der Waals surface area contributed by atoms with Gasteiger partial charge in [0.2, 0.25) is 5.82 Å². The summed E-state index contributed by atoms with van der Waals surface area (Å²) in [6.45, 7) is 0.536. The number of hydrogen-bond donors (Lipinski definition) is 0. The molecule has 1 aliphatic rings. The molecular weight excluding hydrogens is 400 g/mol. The van der Waals surface area contributed by atoms with E-state index in [1.165, 1.54) is 16.7 Å².